The normalized spacial score (nSPS) is 11.9. The summed E-state index contributed by atoms with van der Waals surface area (Å²) < 4.78 is 37.7. The van der Waals surface area contributed by atoms with Gasteiger partial charge in [-0.25, -0.2) is 17.9 Å². The highest BCUT2D eigenvalue weighted by Gasteiger charge is 2.26. The Kier molecular flexibility index (Phi) is 7.10. The van der Waals surface area contributed by atoms with Crippen LogP contribution in [0, 0.1) is 0 Å². The van der Waals surface area contributed by atoms with E-state index in [0.717, 1.165) is 6.07 Å². The smallest absolute Gasteiger partial charge is 0.338 e. The third kappa shape index (κ3) is 6.59. The molecule has 0 radical (unpaired) electrons. The molecule has 0 aliphatic rings. The third-order valence-electron chi connectivity index (χ3n) is 3.62. The summed E-state index contributed by atoms with van der Waals surface area (Å²) in [5, 5.41) is -0.0347. The van der Waals surface area contributed by atoms with Crippen molar-refractivity contribution in [1.29, 1.82) is 0 Å². The van der Waals surface area contributed by atoms with Crippen molar-refractivity contribution in [3.63, 3.8) is 0 Å². The van der Waals surface area contributed by atoms with Crippen molar-refractivity contribution < 1.29 is 27.2 Å². The molecule has 0 bridgehead atoms. The molecule has 0 fully saturated rings. The minimum Gasteiger partial charge on any atom is -0.467 e. The van der Waals surface area contributed by atoms with Gasteiger partial charge < -0.3 is 14.1 Å². The molecule has 0 saturated heterocycles. The second-order valence-electron chi connectivity index (χ2n) is 7.41. The first-order chi connectivity index (χ1) is 13.4. The number of nitrogens with one attached hydrogen (secondary N) is 1. The average Bonchev–Trinajstić information content (AvgIpc) is 3.10. The molecule has 2 rings (SSSR count). The Morgan fingerprint density at radius 1 is 1.24 bits per heavy atom. The maximum Gasteiger partial charge on any atom is 0.338 e. The third-order valence-corrected chi connectivity index (χ3v) is 5.86. The number of hydrogen-bond acceptors (Lipinski definition) is 6. The van der Waals surface area contributed by atoms with Gasteiger partial charge in [0.2, 0.25) is 10.0 Å². The summed E-state index contributed by atoms with van der Waals surface area (Å²) >= 11 is 6.01. The highest BCUT2D eigenvalue weighted by molar-refractivity contribution is 7.89. The molecule has 8 nitrogen and oxygen atoms in total. The van der Waals surface area contributed by atoms with E-state index < -0.39 is 34.0 Å². The van der Waals surface area contributed by atoms with Crippen molar-refractivity contribution in [2.24, 2.45) is 0 Å². The molecule has 1 aromatic heterocycles. The van der Waals surface area contributed by atoms with Crippen molar-refractivity contribution in [2.45, 2.75) is 37.8 Å². The SMILES string of the molecule is CN(Cc1ccco1)C(=O)COC(=O)c1ccc(Cl)c(S(=O)(=O)NC(C)(C)C)c1. The van der Waals surface area contributed by atoms with E-state index >= 15 is 0 Å². The fraction of sp³-hybridized carbons (Fsp3) is 0.368. The molecule has 0 unspecified atom stereocenters. The van der Waals surface area contributed by atoms with E-state index in [1.165, 1.54) is 23.3 Å². The van der Waals surface area contributed by atoms with Crippen molar-refractivity contribution in [2.75, 3.05) is 13.7 Å². The van der Waals surface area contributed by atoms with Crippen LogP contribution in [0.2, 0.25) is 5.02 Å². The molecule has 29 heavy (non-hydrogen) atoms. The van der Waals surface area contributed by atoms with Gasteiger partial charge in [0.15, 0.2) is 6.61 Å². The molecule has 0 atom stereocenters. The molecule has 158 valence electrons. The van der Waals surface area contributed by atoms with E-state index in [2.05, 4.69) is 4.72 Å². The van der Waals surface area contributed by atoms with Gasteiger partial charge in [0, 0.05) is 12.6 Å². The maximum absolute atomic E-state index is 12.5. The lowest BCUT2D eigenvalue weighted by molar-refractivity contribution is -0.133. The summed E-state index contributed by atoms with van der Waals surface area (Å²) in [4.78, 5) is 25.5. The lowest BCUT2D eigenvalue weighted by atomic mass is 10.1. The van der Waals surface area contributed by atoms with Crippen LogP contribution in [0.5, 0.6) is 0 Å². The van der Waals surface area contributed by atoms with Crippen molar-refractivity contribution in [3.05, 3.63) is 52.9 Å². The fourth-order valence-corrected chi connectivity index (χ4v) is 4.28. The summed E-state index contributed by atoms with van der Waals surface area (Å²) in [6.45, 7) is 4.77. The Hall–Kier alpha value is -2.36. The molecule has 2 aromatic rings. The van der Waals surface area contributed by atoms with E-state index in [4.69, 9.17) is 20.8 Å². The topological polar surface area (TPSA) is 106 Å². The molecule has 0 spiro atoms. The zero-order valence-corrected chi connectivity index (χ0v) is 18.1. The zero-order chi connectivity index (χ0) is 21.8. The number of benzene rings is 1. The number of rotatable bonds is 7. The Morgan fingerprint density at radius 2 is 1.93 bits per heavy atom. The largest absolute Gasteiger partial charge is 0.467 e. The second-order valence-corrected chi connectivity index (χ2v) is 9.46. The number of halogens is 1. The summed E-state index contributed by atoms with van der Waals surface area (Å²) in [7, 11) is -2.41. The van der Waals surface area contributed by atoms with Crippen LogP contribution in [0.3, 0.4) is 0 Å². The van der Waals surface area contributed by atoms with Crippen LogP contribution in [0.15, 0.2) is 45.9 Å². The van der Waals surface area contributed by atoms with Crippen LogP contribution < -0.4 is 4.72 Å². The van der Waals surface area contributed by atoms with Gasteiger partial charge in [0.1, 0.15) is 10.7 Å². The van der Waals surface area contributed by atoms with Crippen LogP contribution in [0.25, 0.3) is 0 Å². The molecular weight excluding hydrogens is 420 g/mol. The Bertz CT molecular complexity index is 981. The molecule has 10 heteroatoms. The Labute approximate surface area is 174 Å². The van der Waals surface area contributed by atoms with Gasteiger partial charge in [-0.05, 0) is 51.1 Å². The van der Waals surface area contributed by atoms with Crippen LogP contribution in [0.1, 0.15) is 36.9 Å². The van der Waals surface area contributed by atoms with Crippen LogP contribution >= 0.6 is 11.6 Å². The van der Waals surface area contributed by atoms with E-state index in [1.807, 2.05) is 0 Å². The van der Waals surface area contributed by atoms with Gasteiger partial charge in [0.05, 0.1) is 23.4 Å². The number of nitrogens with zero attached hydrogens (tertiary/aromatic N) is 1. The first-order valence-corrected chi connectivity index (χ1v) is 10.5. The molecular formula is C19H23ClN2O6S. The number of carbonyl (C=O) groups excluding carboxylic acids is 2. The molecule has 1 heterocycles. The van der Waals surface area contributed by atoms with E-state index in [9.17, 15) is 18.0 Å². The summed E-state index contributed by atoms with van der Waals surface area (Å²) in [6, 6.07) is 7.17. The van der Waals surface area contributed by atoms with Gasteiger partial charge in [-0.3, -0.25) is 4.79 Å². The number of hydrogen-bond donors (Lipinski definition) is 1. The summed E-state index contributed by atoms with van der Waals surface area (Å²) in [6.07, 6.45) is 1.49. The van der Waals surface area contributed by atoms with Crippen LogP contribution in [0.4, 0.5) is 0 Å². The summed E-state index contributed by atoms with van der Waals surface area (Å²) in [5.74, 6) is -0.689. The first-order valence-electron chi connectivity index (χ1n) is 8.66. The minimum absolute atomic E-state index is 0.0347. The van der Waals surface area contributed by atoms with Gasteiger partial charge in [-0.2, -0.15) is 0 Å². The predicted molar refractivity (Wildman–Crippen MR) is 107 cm³/mol. The van der Waals surface area contributed by atoms with Crippen molar-refractivity contribution >= 4 is 33.5 Å². The second kappa shape index (κ2) is 8.98. The molecule has 0 aliphatic heterocycles. The van der Waals surface area contributed by atoms with Gasteiger partial charge >= 0.3 is 5.97 Å². The minimum atomic E-state index is -3.95. The number of likely N-dealkylation sites (N-methyl/N-ethyl adjacent to an activating group) is 1. The van der Waals surface area contributed by atoms with Gasteiger partial charge in [-0.1, -0.05) is 11.6 Å². The summed E-state index contributed by atoms with van der Waals surface area (Å²) in [5.41, 5.74) is -0.769. The number of ether oxygens (including phenoxy) is 1. The number of carbonyl (C=O) groups is 2. The zero-order valence-electron chi connectivity index (χ0n) is 16.6. The highest BCUT2D eigenvalue weighted by Crippen LogP contribution is 2.24. The highest BCUT2D eigenvalue weighted by atomic mass is 35.5. The van der Waals surface area contributed by atoms with Gasteiger partial charge in [0.25, 0.3) is 5.91 Å². The number of amides is 1. The first kappa shape index (κ1) is 22.9. The van der Waals surface area contributed by atoms with E-state index in [-0.39, 0.29) is 22.0 Å². The lowest BCUT2D eigenvalue weighted by Gasteiger charge is -2.21. The maximum atomic E-state index is 12.5. The molecule has 1 amide bonds. The molecule has 1 aromatic carbocycles. The Morgan fingerprint density at radius 3 is 2.52 bits per heavy atom. The fourth-order valence-electron chi connectivity index (χ4n) is 2.34. The number of sulfonamides is 1. The number of esters is 1. The average molecular weight is 443 g/mol. The molecule has 1 N–H and O–H groups in total. The Balaban J connectivity index is 2.06. The van der Waals surface area contributed by atoms with E-state index in [0.29, 0.717) is 5.76 Å². The van der Waals surface area contributed by atoms with Crippen LogP contribution in [-0.4, -0.2) is 44.4 Å². The van der Waals surface area contributed by atoms with Gasteiger partial charge in [-0.15, -0.1) is 0 Å². The van der Waals surface area contributed by atoms with Crippen molar-refractivity contribution in [3.8, 4) is 0 Å². The quantitative estimate of drug-likeness (QED) is 0.661. The van der Waals surface area contributed by atoms with E-state index in [1.54, 1.807) is 40.0 Å². The lowest BCUT2D eigenvalue weighted by Crippen LogP contribution is -2.40. The van der Waals surface area contributed by atoms with Crippen molar-refractivity contribution in [1.82, 2.24) is 9.62 Å². The standard InChI is InChI=1S/C19H23ClN2O6S/c1-19(2,3)21-29(25,26)16-10-13(7-8-15(16)20)18(24)28-12-17(23)22(4)11-14-6-5-9-27-14/h5-10,21H,11-12H2,1-4H3. The predicted octanol–water partition coefficient (Wildman–Crippen LogP) is 2.83. The number of furan rings is 1. The molecule has 0 aliphatic carbocycles. The molecule has 0 saturated carbocycles. The monoisotopic (exact) mass is 442 g/mol. The van der Waals surface area contributed by atoms with Crippen LogP contribution in [-0.2, 0) is 26.1 Å².